The molecule has 2 aromatic heterocycles. The molecule has 100 valence electrons. The van der Waals surface area contributed by atoms with E-state index < -0.39 is 0 Å². The molecule has 2 N–H and O–H groups in total. The third-order valence-corrected chi connectivity index (χ3v) is 2.80. The van der Waals surface area contributed by atoms with Crippen LogP contribution in [-0.4, -0.2) is 31.9 Å². The maximum Gasteiger partial charge on any atom is 0.320 e. The van der Waals surface area contributed by atoms with Gasteiger partial charge in [-0.3, -0.25) is 4.52 Å². The third kappa shape index (κ3) is 3.88. The summed E-state index contributed by atoms with van der Waals surface area (Å²) in [5.74, 6) is -0.0110. The van der Waals surface area contributed by atoms with Gasteiger partial charge in [-0.05, 0) is 12.8 Å². The van der Waals surface area contributed by atoms with Crippen molar-refractivity contribution >= 4 is 29.5 Å². The Balaban J connectivity index is 1.95. The molecule has 0 unspecified atom stereocenters. The fraction of sp³-hybridized carbons (Fsp3) is 0.333. The Hall–Kier alpha value is -2.23. The number of nitrogen functional groups attached to an aromatic ring is 1. The molecule has 0 spiro atoms. The molecule has 2 aromatic rings. The molecule has 9 nitrogen and oxygen atoms in total. The van der Waals surface area contributed by atoms with E-state index in [1.165, 1.54) is 11.0 Å². The molecule has 10 heteroatoms. The molecule has 0 amide bonds. The quantitative estimate of drug-likeness (QED) is 0.317. The largest absolute Gasteiger partial charge is 0.861 e. The molecular weight excluding hydrogens is 270 g/mol. The second-order valence-corrected chi connectivity index (χ2v) is 4.26. The van der Waals surface area contributed by atoms with E-state index in [0.717, 1.165) is 11.8 Å². The molecule has 19 heavy (non-hydrogen) atoms. The molecule has 0 aliphatic rings. The molecule has 0 bridgehead atoms. The smallest absolute Gasteiger partial charge is 0.320 e. The van der Waals surface area contributed by atoms with Crippen LogP contribution in [-0.2, 0) is 6.54 Å². The van der Waals surface area contributed by atoms with Crippen LogP contribution < -0.4 is 15.5 Å². The van der Waals surface area contributed by atoms with Crippen molar-refractivity contribution in [2.75, 3.05) is 11.5 Å². The number of hydrogen-bond donors (Lipinski definition) is 1. The first-order valence-corrected chi connectivity index (χ1v) is 6.34. The Labute approximate surface area is 112 Å². The van der Waals surface area contributed by atoms with Crippen LogP contribution in [0.1, 0.15) is 6.92 Å². The number of nitrogens with two attached hydrogens (primary N) is 1. The van der Waals surface area contributed by atoms with Gasteiger partial charge in [-0.2, -0.15) is 4.98 Å². The van der Waals surface area contributed by atoms with E-state index in [9.17, 15) is 5.11 Å². The molecule has 0 aromatic carbocycles. The van der Waals surface area contributed by atoms with Gasteiger partial charge in [-0.15, -0.1) is 0 Å². The maximum absolute atomic E-state index is 11.6. The maximum atomic E-state index is 11.6. The third-order valence-electron chi connectivity index (χ3n) is 1.95. The summed E-state index contributed by atoms with van der Waals surface area (Å²) in [6.07, 6.45) is 2.83. The standard InChI is InChI=1S/C9H11N7O2S/c1-2-16-3-7(18-15-16)13-6(17)4-19-9-12-5-11-8(10)14-9/h3,5H,2,4H2,1H3,(H2-,10,11,12,13,14,15,17). The van der Waals surface area contributed by atoms with Crippen molar-refractivity contribution in [3.8, 4) is 0 Å². The zero-order valence-electron chi connectivity index (χ0n) is 10.1. The second kappa shape index (κ2) is 6.09. The van der Waals surface area contributed by atoms with Crippen molar-refractivity contribution in [2.24, 2.45) is 4.99 Å². The van der Waals surface area contributed by atoms with Crippen molar-refractivity contribution in [1.29, 1.82) is 0 Å². The van der Waals surface area contributed by atoms with Gasteiger partial charge in [-0.25, -0.2) is 15.0 Å². The van der Waals surface area contributed by atoms with Crippen LogP contribution in [0.25, 0.3) is 0 Å². The predicted octanol–water partition coefficient (Wildman–Crippen LogP) is -1.07. The molecule has 0 saturated carbocycles. The van der Waals surface area contributed by atoms with E-state index in [4.69, 9.17) is 10.3 Å². The second-order valence-electron chi connectivity index (χ2n) is 3.32. The lowest BCUT2D eigenvalue weighted by Crippen LogP contribution is -2.32. The summed E-state index contributed by atoms with van der Waals surface area (Å²) in [6.45, 7) is 2.54. The fourth-order valence-electron chi connectivity index (χ4n) is 1.11. The number of thioether (sulfide) groups is 1. The highest BCUT2D eigenvalue weighted by Gasteiger charge is 2.07. The Morgan fingerprint density at radius 3 is 3.11 bits per heavy atom. The molecule has 0 aliphatic carbocycles. The first kappa shape index (κ1) is 13.2. The minimum atomic E-state index is -0.372. The van der Waals surface area contributed by atoms with Gasteiger partial charge in [-0.1, -0.05) is 16.4 Å². The molecule has 0 radical (unpaired) electrons. The normalized spacial score (nSPS) is 11.7. The number of aromatic nitrogens is 5. The van der Waals surface area contributed by atoms with Gasteiger partial charge in [0, 0.05) is 5.75 Å². The van der Waals surface area contributed by atoms with Gasteiger partial charge < -0.3 is 10.8 Å². The van der Waals surface area contributed by atoms with E-state index in [2.05, 4.69) is 25.2 Å². The van der Waals surface area contributed by atoms with Gasteiger partial charge in [0.05, 0.1) is 0 Å². The van der Waals surface area contributed by atoms with Crippen LogP contribution in [0.5, 0.6) is 0 Å². The molecular formula is C9H11N7O2S. The topological polar surface area (TPSA) is 130 Å². The molecule has 0 saturated heterocycles. The van der Waals surface area contributed by atoms with Gasteiger partial charge in [0.15, 0.2) is 11.7 Å². The number of rotatable bonds is 5. The predicted molar refractivity (Wildman–Crippen MR) is 64.4 cm³/mol. The van der Waals surface area contributed by atoms with Crippen molar-refractivity contribution in [3.05, 3.63) is 12.5 Å². The summed E-state index contributed by atoms with van der Waals surface area (Å²) >= 11 is 1.12. The zero-order valence-corrected chi connectivity index (χ0v) is 10.9. The monoisotopic (exact) mass is 281 g/mol. The molecule has 0 atom stereocenters. The number of aryl methyl sites for hydroxylation is 1. The van der Waals surface area contributed by atoms with E-state index in [1.54, 1.807) is 6.20 Å². The SMILES string of the molecule is CC[n+]1cc(/N=C(/[O-])CSc2ncnc(N)n2)on1. The average molecular weight is 281 g/mol. The van der Waals surface area contributed by atoms with Crippen LogP contribution in [0.3, 0.4) is 0 Å². The summed E-state index contributed by atoms with van der Waals surface area (Å²) in [7, 11) is 0. The van der Waals surface area contributed by atoms with Gasteiger partial charge in [0.25, 0.3) is 6.20 Å². The van der Waals surface area contributed by atoms with Crippen LogP contribution >= 0.6 is 11.8 Å². The zero-order chi connectivity index (χ0) is 13.7. The van der Waals surface area contributed by atoms with Crippen molar-refractivity contribution in [3.63, 3.8) is 0 Å². The van der Waals surface area contributed by atoms with Gasteiger partial charge in [0.1, 0.15) is 6.33 Å². The van der Waals surface area contributed by atoms with Crippen molar-refractivity contribution in [2.45, 2.75) is 18.6 Å². The van der Waals surface area contributed by atoms with Crippen LogP contribution in [0, 0.1) is 0 Å². The van der Waals surface area contributed by atoms with E-state index >= 15 is 0 Å². The highest BCUT2D eigenvalue weighted by Crippen LogP contribution is 2.13. The molecule has 0 aliphatic heterocycles. The Morgan fingerprint density at radius 2 is 2.42 bits per heavy atom. The first-order chi connectivity index (χ1) is 9.17. The highest BCUT2D eigenvalue weighted by molar-refractivity contribution is 7.99. The summed E-state index contributed by atoms with van der Waals surface area (Å²) < 4.78 is 6.39. The van der Waals surface area contributed by atoms with Crippen LogP contribution in [0.15, 0.2) is 27.2 Å². The Morgan fingerprint density at radius 1 is 1.58 bits per heavy atom. The van der Waals surface area contributed by atoms with Crippen LogP contribution in [0.4, 0.5) is 11.8 Å². The van der Waals surface area contributed by atoms with Gasteiger partial charge >= 0.3 is 5.88 Å². The summed E-state index contributed by atoms with van der Waals surface area (Å²) in [5.41, 5.74) is 5.40. The molecule has 0 fully saturated rings. The molecule has 2 rings (SSSR count). The number of aliphatic imine (C=N–C) groups is 1. The number of anilines is 1. The molecule has 2 heterocycles. The van der Waals surface area contributed by atoms with Crippen molar-refractivity contribution < 1.29 is 14.3 Å². The number of hydrogen-bond acceptors (Lipinski definition) is 9. The van der Waals surface area contributed by atoms with E-state index in [0.29, 0.717) is 11.7 Å². The minimum Gasteiger partial charge on any atom is -0.861 e. The van der Waals surface area contributed by atoms with Crippen LogP contribution in [0.2, 0.25) is 0 Å². The Kier molecular flexibility index (Phi) is 4.23. The van der Waals surface area contributed by atoms with E-state index in [-0.39, 0.29) is 23.5 Å². The van der Waals surface area contributed by atoms with E-state index in [1.807, 2.05) is 6.92 Å². The summed E-state index contributed by atoms with van der Waals surface area (Å²) in [5, 5.41) is 15.6. The Bertz CT molecular complexity index is 585. The minimum absolute atomic E-state index is 0.0796. The van der Waals surface area contributed by atoms with Crippen molar-refractivity contribution in [1.82, 2.24) is 20.2 Å². The fourth-order valence-corrected chi connectivity index (χ4v) is 1.71. The highest BCUT2D eigenvalue weighted by atomic mass is 32.2. The lowest BCUT2D eigenvalue weighted by atomic mass is 10.7. The lowest BCUT2D eigenvalue weighted by molar-refractivity contribution is -0.759. The average Bonchev–Trinajstić information content (AvgIpc) is 2.84. The number of nitrogens with zero attached hydrogens (tertiary/aromatic N) is 6. The lowest BCUT2D eigenvalue weighted by Gasteiger charge is -2.06. The van der Waals surface area contributed by atoms with Gasteiger partial charge in [0.2, 0.25) is 11.2 Å². The summed E-state index contributed by atoms with van der Waals surface area (Å²) in [6, 6.07) is 0. The summed E-state index contributed by atoms with van der Waals surface area (Å²) in [4.78, 5) is 15.1. The first-order valence-electron chi connectivity index (χ1n) is 5.35.